The number of hydrogen-bond donors (Lipinski definition) is 1. The van der Waals surface area contributed by atoms with Gasteiger partial charge in [-0.3, -0.25) is 4.79 Å². The van der Waals surface area contributed by atoms with Crippen LogP contribution >= 0.6 is 0 Å². The standard InChI is InChI=1S/C18H16N2O5S/c1-13(16-8-5-11-24-16)19-20-18(21)17-10-9-14(25-17)12-26(22,23)15-6-3-2-4-7-15/h2-11H,12H2,1H3,(H,20,21)/b19-13-. The minimum absolute atomic E-state index is 0.0285. The van der Waals surface area contributed by atoms with Crippen molar-refractivity contribution in [2.45, 2.75) is 17.6 Å². The van der Waals surface area contributed by atoms with E-state index in [1.54, 1.807) is 37.3 Å². The zero-order valence-corrected chi connectivity index (χ0v) is 14.7. The molecule has 3 aromatic rings. The molecule has 0 saturated carbocycles. The molecule has 0 radical (unpaired) electrons. The Morgan fingerprint density at radius 1 is 1.04 bits per heavy atom. The topological polar surface area (TPSA) is 102 Å². The van der Waals surface area contributed by atoms with E-state index in [4.69, 9.17) is 8.83 Å². The molecule has 1 aromatic carbocycles. The summed E-state index contributed by atoms with van der Waals surface area (Å²) >= 11 is 0. The molecule has 2 aromatic heterocycles. The number of nitrogens with zero attached hydrogens (tertiary/aromatic N) is 1. The smallest absolute Gasteiger partial charge is 0.307 e. The van der Waals surface area contributed by atoms with Gasteiger partial charge in [0.1, 0.15) is 23.0 Å². The van der Waals surface area contributed by atoms with Crippen LogP contribution in [-0.2, 0) is 15.6 Å². The maximum atomic E-state index is 12.3. The van der Waals surface area contributed by atoms with Crippen molar-refractivity contribution in [3.63, 3.8) is 0 Å². The Morgan fingerprint density at radius 2 is 1.81 bits per heavy atom. The first kappa shape index (κ1) is 17.7. The van der Waals surface area contributed by atoms with Gasteiger partial charge in [-0.2, -0.15) is 5.10 Å². The molecular formula is C18H16N2O5S. The summed E-state index contributed by atoms with van der Waals surface area (Å²) in [5.41, 5.74) is 2.83. The van der Waals surface area contributed by atoms with Crippen molar-refractivity contribution >= 4 is 21.5 Å². The van der Waals surface area contributed by atoms with Gasteiger partial charge < -0.3 is 8.83 Å². The summed E-state index contributed by atoms with van der Waals surface area (Å²) in [6.07, 6.45) is 1.50. The molecule has 1 amide bonds. The molecule has 2 heterocycles. The Labute approximate surface area is 150 Å². The van der Waals surface area contributed by atoms with Crippen LogP contribution in [0.2, 0.25) is 0 Å². The molecule has 8 heteroatoms. The summed E-state index contributed by atoms with van der Waals surface area (Å²) in [6.45, 7) is 1.68. The van der Waals surface area contributed by atoms with Crippen molar-refractivity contribution in [2.24, 2.45) is 5.10 Å². The summed E-state index contributed by atoms with van der Waals surface area (Å²) in [5.74, 6) is -0.248. The van der Waals surface area contributed by atoms with Gasteiger partial charge in [-0.1, -0.05) is 18.2 Å². The molecule has 0 atom stereocenters. The molecule has 0 bridgehead atoms. The van der Waals surface area contributed by atoms with E-state index < -0.39 is 15.7 Å². The second kappa shape index (κ2) is 7.40. The van der Waals surface area contributed by atoms with Gasteiger partial charge in [0.05, 0.1) is 11.2 Å². The molecule has 0 saturated heterocycles. The van der Waals surface area contributed by atoms with Gasteiger partial charge in [0.2, 0.25) is 0 Å². The third kappa shape index (κ3) is 4.09. The van der Waals surface area contributed by atoms with Gasteiger partial charge in [0.15, 0.2) is 15.6 Å². The molecular weight excluding hydrogens is 356 g/mol. The molecule has 1 N–H and O–H groups in total. The van der Waals surface area contributed by atoms with Crippen LogP contribution in [0, 0.1) is 0 Å². The van der Waals surface area contributed by atoms with E-state index in [0.717, 1.165) is 0 Å². The fourth-order valence-electron chi connectivity index (χ4n) is 2.21. The third-order valence-corrected chi connectivity index (χ3v) is 5.18. The van der Waals surface area contributed by atoms with Gasteiger partial charge in [-0.05, 0) is 43.3 Å². The number of hydrazone groups is 1. The lowest BCUT2D eigenvalue weighted by atomic mass is 10.3. The maximum absolute atomic E-state index is 12.3. The third-order valence-electron chi connectivity index (χ3n) is 3.52. The second-order valence-electron chi connectivity index (χ2n) is 5.45. The summed E-state index contributed by atoms with van der Waals surface area (Å²) in [6, 6.07) is 14.3. The van der Waals surface area contributed by atoms with Crippen LogP contribution in [0.3, 0.4) is 0 Å². The lowest BCUT2D eigenvalue weighted by Gasteiger charge is -2.02. The molecule has 0 aliphatic heterocycles. The van der Waals surface area contributed by atoms with Crippen LogP contribution in [0.25, 0.3) is 0 Å². The van der Waals surface area contributed by atoms with Crippen molar-refractivity contribution in [2.75, 3.05) is 0 Å². The van der Waals surface area contributed by atoms with Crippen LogP contribution in [0.15, 0.2) is 79.7 Å². The summed E-state index contributed by atoms with van der Waals surface area (Å²) in [5, 5.41) is 3.92. The Hall–Kier alpha value is -3.13. The molecule has 3 rings (SSSR count). The predicted octanol–water partition coefficient (Wildman–Crippen LogP) is 3.00. The monoisotopic (exact) mass is 372 g/mol. The first-order valence-electron chi connectivity index (χ1n) is 7.71. The van der Waals surface area contributed by atoms with Gasteiger partial charge in [0.25, 0.3) is 0 Å². The number of carbonyl (C=O) groups excluding carboxylic acids is 1. The molecule has 7 nitrogen and oxygen atoms in total. The summed E-state index contributed by atoms with van der Waals surface area (Å²) in [4.78, 5) is 12.3. The van der Waals surface area contributed by atoms with E-state index in [9.17, 15) is 13.2 Å². The Balaban J connectivity index is 1.68. The van der Waals surface area contributed by atoms with Crippen LogP contribution in [-0.4, -0.2) is 20.0 Å². The van der Waals surface area contributed by atoms with Crippen molar-refractivity contribution in [1.82, 2.24) is 5.43 Å². The number of carbonyl (C=O) groups is 1. The minimum Gasteiger partial charge on any atom is -0.463 e. The van der Waals surface area contributed by atoms with Crippen molar-refractivity contribution in [1.29, 1.82) is 0 Å². The largest absolute Gasteiger partial charge is 0.463 e. The molecule has 0 aliphatic rings. The van der Waals surface area contributed by atoms with Crippen LogP contribution in [0.1, 0.15) is 29.0 Å². The molecule has 0 aliphatic carbocycles. The van der Waals surface area contributed by atoms with Crippen LogP contribution < -0.4 is 5.43 Å². The van der Waals surface area contributed by atoms with Gasteiger partial charge in [0, 0.05) is 0 Å². The minimum atomic E-state index is -3.55. The van der Waals surface area contributed by atoms with E-state index in [2.05, 4.69) is 10.5 Å². The lowest BCUT2D eigenvalue weighted by Crippen LogP contribution is -2.18. The van der Waals surface area contributed by atoms with Crippen molar-refractivity contribution in [3.8, 4) is 0 Å². The number of amides is 1. The van der Waals surface area contributed by atoms with E-state index in [-0.39, 0.29) is 22.2 Å². The Morgan fingerprint density at radius 3 is 2.50 bits per heavy atom. The van der Waals surface area contributed by atoms with E-state index in [1.807, 2.05) is 0 Å². The molecule has 0 fully saturated rings. The highest BCUT2D eigenvalue weighted by Crippen LogP contribution is 2.18. The Kier molecular flexibility index (Phi) is 5.04. The van der Waals surface area contributed by atoms with Crippen LogP contribution in [0.5, 0.6) is 0 Å². The average molecular weight is 372 g/mol. The molecule has 134 valence electrons. The normalized spacial score (nSPS) is 12.1. The predicted molar refractivity (Wildman–Crippen MR) is 94.4 cm³/mol. The van der Waals surface area contributed by atoms with Gasteiger partial charge >= 0.3 is 5.91 Å². The zero-order valence-electron chi connectivity index (χ0n) is 13.9. The zero-order chi connectivity index (χ0) is 18.6. The number of nitrogens with one attached hydrogen (secondary N) is 1. The number of hydrogen-bond acceptors (Lipinski definition) is 6. The first-order valence-corrected chi connectivity index (χ1v) is 9.36. The summed E-state index contributed by atoms with van der Waals surface area (Å²) in [7, 11) is -3.55. The SMILES string of the molecule is C/C(=N/NC(=O)c1ccc(CS(=O)(=O)c2ccccc2)o1)c1ccco1. The summed E-state index contributed by atoms with van der Waals surface area (Å²) < 4.78 is 35.2. The molecule has 0 unspecified atom stereocenters. The number of sulfone groups is 1. The quantitative estimate of drug-likeness (QED) is 0.529. The maximum Gasteiger partial charge on any atom is 0.307 e. The van der Waals surface area contributed by atoms with Gasteiger partial charge in [-0.15, -0.1) is 0 Å². The number of rotatable bonds is 6. The van der Waals surface area contributed by atoms with E-state index in [0.29, 0.717) is 11.5 Å². The number of furan rings is 2. The lowest BCUT2D eigenvalue weighted by molar-refractivity contribution is 0.0925. The fourth-order valence-corrected chi connectivity index (χ4v) is 3.47. The number of benzene rings is 1. The van der Waals surface area contributed by atoms with Crippen molar-refractivity contribution in [3.05, 3.63) is 78.1 Å². The van der Waals surface area contributed by atoms with Crippen LogP contribution in [0.4, 0.5) is 0 Å². The Bertz CT molecular complexity index is 1020. The second-order valence-corrected chi connectivity index (χ2v) is 7.44. The molecule has 0 spiro atoms. The first-order chi connectivity index (χ1) is 12.5. The highest BCUT2D eigenvalue weighted by atomic mass is 32.2. The van der Waals surface area contributed by atoms with Gasteiger partial charge in [-0.25, -0.2) is 13.8 Å². The van der Waals surface area contributed by atoms with E-state index >= 15 is 0 Å². The highest BCUT2D eigenvalue weighted by Gasteiger charge is 2.19. The van der Waals surface area contributed by atoms with Crippen molar-refractivity contribution < 1.29 is 22.0 Å². The molecule has 26 heavy (non-hydrogen) atoms. The van der Waals surface area contributed by atoms with E-state index in [1.165, 1.54) is 30.5 Å². The fraction of sp³-hybridized carbons (Fsp3) is 0.111. The highest BCUT2D eigenvalue weighted by molar-refractivity contribution is 7.90. The average Bonchev–Trinajstić information content (AvgIpc) is 3.32.